The maximum atomic E-state index is 5.36. The van der Waals surface area contributed by atoms with Crippen LogP contribution in [-0.4, -0.2) is 49.8 Å². The molecule has 1 heterocycles. The van der Waals surface area contributed by atoms with E-state index in [1.807, 2.05) is 0 Å². The topological polar surface area (TPSA) is 24.5 Å². The van der Waals surface area contributed by atoms with Crippen LogP contribution in [0.5, 0.6) is 0 Å². The molecule has 90 valence electrons. The van der Waals surface area contributed by atoms with Crippen LogP contribution in [0.3, 0.4) is 0 Å². The van der Waals surface area contributed by atoms with Crippen LogP contribution >= 0.6 is 0 Å². The second-order valence-electron chi connectivity index (χ2n) is 5.08. The second kappa shape index (κ2) is 6.46. The number of hydrogen-bond acceptors (Lipinski definition) is 3. The fourth-order valence-electron chi connectivity index (χ4n) is 1.95. The molecule has 0 spiro atoms. The molecular weight excluding hydrogens is 188 g/mol. The molecule has 0 amide bonds. The summed E-state index contributed by atoms with van der Waals surface area (Å²) in [6.45, 7) is 14.1. The summed E-state index contributed by atoms with van der Waals surface area (Å²) >= 11 is 0. The maximum absolute atomic E-state index is 5.36. The number of morpholine rings is 1. The third-order valence-corrected chi connectivity index (χ3v) is 2.91. The molecule has 1 atom stereocenters. The van der Waals surface area contributed by atoms with Crippen molar-refractivity contribution in [3.8, 4) is 0 Å². The summed E-state index contributed by atoms with van der Waals surface area (Å²) in [5, 5.41) is 3.64. The van der Waals surface area contributed by atoms with Crippen LogP contribution in [0.25, 0.3) is 0 Å². The van der Waals surface area contributed by atoms with E-state index >= 15 is 0 Å². The largest absolute Gasteiger partial charge is 0.379 e. The highest BCUT2D eigenvalue weighted by Crippen LogP contribution is 2.07. The van der Waals surface area contributed by atoms with E-state index in [-0.39, 0.29) is 0 Å². The van der Waals surface area contributed by atoms with Crippen molar-refractivity contribution in [1.29, 1.82) is 0 Å². The summed E-state index contributed by atoms with van der Waals surface area (Å²) in [5.74, 6) is 0.690. The Morgan fingerprint density at radius 3 is 2.20 bits per heavy atom. The highest BCUT2D eigenvalue weighted by atomic mass is 16.5. The van der Waals surface area contributed by atoms with Crippen LogP contribution in [0.1, 0.15) is 27.7 Å². The molecule has 0 aliphatic carbocycles. The first-order valence-electron chi connectivity index (χ1n) is 6.15. The van der Waals surface area contributed by atoms with Gasteiger partial charge in [0, 0.05) is 31.7 Å². The van der Waals surface area contributed by atoms with Gasteiger partial charge in [0.2, 0.25) is 0 Å². The van der Waals surface area contributed by atoms with E-state index in [1.165, 1.54) is 0 Å². The first-order valence-corrected chi connectivity index (χ1v) is 6.15. The second-order valence-corrected chi connectivity index (χ2v) is 5.08. The van der Waals surface area contributed by atoms with Gasteiger partial charge in [0.05, 0.1) is 13.2 Å². The summed E-state index contributed by atoms with van der Waals surface area (Å²) in [4.78, 5) is 2.50. The van der Waals surface area contributed by atoms with Gasteiger partial charge in [-0.2, -0.15) is 0 Å². The smallest absolute Gasteiger partial charge is 0.0594 e. The van der Waals surface area contributed by atoms with Crippen LogP contribution in [0, 0.1) is 5.92 Å². The minimum Gasteiger partial charge on any atom is -0.379 e. The highest BCUT2D eigenvalue weighted by molar-refractivity contribution is 4.77. The van der Waals surface area contributed by atoms with Crippen molar-refractivity contribution in [2.45, 2.75) is 39.8 Å². The summed E-state index contributed by atoms with van der Waals surface area (Å²) in [6.07, 6.45) is 0. The first kappa shape index (κ1) is 12.9. The fraction of sp³-hybridized carbons (Fsp3) is 1.00. The molecule has 0 saturated carbocycles. The maximum Gasteiger partial charge on any atom is 0.0594 e. The van der Waals surface area contributed by atoms with E-state index in [4.69, 9.17) is 4.74 Å². The molecule has 0 aromatic carbocycles. The van der Waals surface area contributed by atoms with Crippen molar-refractivity contribution in [3.05, 3.63) is 0 Å². The minimum atomic E-state index is 0.568. The third kappa shape index (κ3) is 4.96. The Kier molecular flexibility index (Phi) is 5.58. The number of ether oxygens (including phenoxy) is 1. The zero-order chi connectivity index (χ0) is 11.3. The van der Waals surface area contributed by atoms with Gasteiger partial charge in [0.1, 0.15) is 0 Å². The Morgan fingerprint density at radius 1 is 1.13 bits per heavy atom. The molecule has 0 bridgehead atoms. The Balaban J connectivity index is 2.35. The van der Waals surface area contributed by atoms with E-state index in [9.17, 15) is 0 Å². The summed E-state index contributed by atoms with van der Waals surface area (Å²) in [7, 11) is 0. The molecule has 3 nitrogen and oxygen atoms in total. The van der Waals surface area contributed by atoms with E-state index in [0.29, 0.717) is 18.0 Å². The predicted molar refractivity (Wildman–Crippen MR) is 64.2 cm³/mol. The quantitative estimate of drug-likeness (QED) is 0.747. The van der Waals surface area contributed by atoms with Crippen LogP contribution in [-0.2, 0) is 4.74 Å². The summed E-state index contributed by atoms with van der Waals surface area (Å²) in [5.41, 5.74) is 0. The Labute approximate surface area is 94.2 Å². The summed E-state index contributed by atoms with van der Waals surface area (Å²) in [6, 6.07) is 1.17. The molecule has 1 saturated heterocycles. The molecule has 3 heteroatoms. The van der Waals surface area contributed by atoms with Gasteiger partial charge in [-0.25, -0.2) is 0 Å². The van der Waals surface area contributed by atoms with Gasteiger partial charge in [-0.15, -0.1) is 0 Å². The van der Waals surface area contributed by atoms with Gasteiger partial charge in [-0.3, -0.25) is 4.90 Å². The zero-order valence-corrected chi connectivity index (χ0v) is 10.6. The Bertz CT molecular complexity index is 165. The van der Waals surface area contributed by atoms with E-state index in [2.05, 4.69) is 37.9 Å². The van der Waals surface area contributed by atoms with Gasteiger partial charge < -0.3 is 10.1 Å². The van der Waals surface area contributed by atoms with E-state index in [1.54, 1.807) is 0 Å². The van der Waals surface area contributed by atoms with Gasteiger partial charge >= 0.3 is 0 Å². The van der Waals surface area contributed by atoms with Crippen molar-refractivity contribution >= 4 is 0 Å². The van der Waals surface area contributed by atoms with Gasteiger partial charge in [-0.05, 0) is 5.92 Å². The predicted octanol–water partition coefficient (Wildman–Crippen LogP) is 1.34. The van der Waals surface area contributed by atoms with Crippen LogP contribution in [0.15, 0.2) is 0 Å². The fourth-order valence-corrected chi connectivity index (χ4v) is 1.95. The Morgan fingerprint density at radius 2 is 1.73 bits per heavy atom. The van der Waals surface area contributed by atoms with Crippen LogP contribution in [0.2, 0.25) is 0 Å². The number of hydrogen-bond donors (Lipinski definition) is 1. The lowest BCUT2D eigenvalue weighted by Crippen LogP contribution is -2.49. The normalized spacial score (nSPS) is 21.2. The monoisotopic (exact) mass is 214 g/mol. The van der Waals surface area contributed by atoms with Crippen molar-refractivity contribution < 1.29 is 4.74 Å². The van der Waals surface area contributed by atoms with Gasteiger partial charge in [0.15, 0.2) is 0 Å². The van der Waals surface area contributed by atoms with Gasteiger partial charge in [0.25, 0.3) is 0 Å². The first-order chi connectivity index (χ1) is 7.09. The molecule has 0 aromatic rings. The third-order valence-electron chi connectivity index (χ3n) is 2.91. The van der Waals surface area contributed by atoms with Crippen molar-refractivity contribution in [2.24, 2.45) is 5.92 Å². The molecule has 1 fully saturated rings. The van der Waals surface area contributed by atoms with Crippen LogP contribution in [0.4, 0.5) is 0 Å². The average Bonchev–Trinajstić information content (AvgIpc) is 2.17. The lowest BCUT2D eigenvalue weighted by molar-refractivity contribution is 0.0304. The number of nitrogens with one attached hydrogen (secondary N) is 1. The molecule has 15 heavy (non-hydrogen) atoms. The van der Waals surface area contributed by atoms with Gasteiger partial charge in [-0.1, -0.05) is 27.7 Å². The number of nitrogens with zero attached hydrogens (tertiary/aromatic N) is 1. The SMILES string of the molecule is CC(C)NC(CN1CCOCC1)C(C)C. The summed E-state index contributed by atoms with van der Waals surface area (Å²) < 4.78 is 5.36. The molecule has 1 unspecified atom stereocenters. The minimum absolute atomic E-state index is 0.568. The highest BCUT2D eigenvalue weighted by Gasteiger charge is 2.19. The average molecular weight is 214 g/mol. The molecular formula is C12H26N2O. The lowest BCUT2D eigenvalue weighted by Gasteiger charge is -2.33. The number of rotatable bonds is 5. The molecule has 1 rings (SSSR count). The van der Waals surface area contributed by atoms with Crippen molar-refractivity contribution in [3.63, 3.8) is 0 Å². The molecule has 1 aliphatic heterocycles. The molecule has 0 radical (unpaired) electrons. The zero-order valence-electron chi connectivity index (χ0n) is 10.6. The van der Waals surface area contributed by atoms with Crippen LogP contribution < -0.4 is 5.32 Å². The molecule has 0 aromatic heterocycles. The standard InChI is InChI=1S/C12H26N2O/c1-10(2)12(13-11(3)4)9-14-5-7-15-8-6-14/h10-13H,5-9H2,1-4H3. The van der Waals surface area contributed by atoms with E-state index < -0.39 is 0 Å². The van der Waals surface area contributed by atoms with E-state index in [0.717, 1.165) is 32.8 Å². The van der Waals surface area contributed by atoms with Crippen molar-refractivity contribution in [1.82, 2.24) is 10.2 Å². The lowest BCUT2D eigenvalue weighted by atomic mass is 10.0. The van der Waals surface area contributed by atoms with Crippen molar-refractivity contribution in [2.75, 3.05) is 32.8 Å². The molecule has 1 aliphatic rings. The Hall–Kier alpha value is -0.120. The molecule has 1 N–H and O–H groups in total.